The van der Waals surface area contributed by atoms with Gasteiger partial charge in [0, 0.05) is 37.5 Å². The highest BCUT2D eigenvalue weighted by atomic mass is 16.1. The molecule has 0 radical (unpaired) electrons. The summed E-state index contributed by atoms with van der Waals surface area (Å²) in [6, 6.07) is 0.363. The Labute approximate surface area is 198 Å². The maximum absolute atomic E-state index is 12.4. The van der Waals surface area contributed by atoms with E-state index in [0.29, 0.717) is 24.1 Å². The van der Waals surface area contributed by atoms with Crippen molar-refractivity contribution >= 4 is 29.8 Å². The number of hydrogen-bond acceptors (Lipinski definition) is 5. The number of anilines is 2. The minimum atomic E-state index is -0.0801. The number of carbonyl (C=O) groups excluding carboxylic acids is 1. The van der Waals surface area contributed by atoms with Gasteiger partial charge in [-0.15, -0.1) is 0 Å². The number of rotatable bonds is 8. The van der Waals surface area contributed by atoms with Crippen molar-refractivity contribution in [1.82, 2.24) is 15.3 Å². The van der Waals surface area contributed by atoms with E-state index in [2.05, 4.69) is 40.3 Å². The van der Waals surface area contributed by atoms with Crippen molar-refractivity contribution in [3.05, 3.63) is 46.0 Å². The fourth-order valence-corrected chi connectivity index (χ4v) is 4.56. The van der Waals surface area contributed by atoms with Gasteiger partial charge >= 0.3 is 0 Å². The number of fused-ring (bicyclic) bond motifs is 1. The Morgan fingerprint density at radius 1 is 1.09 bits per heavy atom. The van der Waals surface area contributed by atoms with Crippen molar-refractivity contribution < 1.29 is 4.79 Å². The second kappa shape index (κ2) is 11.3. The van der Waals surface area contributed by atoms with E-state index in [0.717, 1.165) is 66.4 Å². The molecule has 1 aromatic rings. The molecule has 1 aromatic heterocycles. The first kappa shape index (κ1) is 24.7. The molecular formula is C27H39N5O. The molecule has 0 saturated heterocycles. The van der Waals surface area contributed by atoms with Gasteiger partial charge in [0.05, 0.1) is 5.35 Å². The zero-order valence-electron chi connectivity index (χ0n) is 20.9. The number of nitrogens with one attached hydrogen (secondary N) is 2. The Hall–Kier alpha value is -2.89. The molecule has 0 unspecified atom stereocenters. The fraction of sp³-hybridized carbons (Fsp3) is 0.519. The number of nitrogens with zero attached hydrogens (tertiary/aromatic N) is 3. The van der Waals surface area contributed by atoms with E-state index in [1.54, 1.807) is 0 Å². The van der Waals surface area contributed by atoms with Gasteiger partial charge in [-0.05, 0) is 71.3 Å². The number of amides is 1. The van der Waals surface area contributed by atoms with Crippen molar-refractivity contribution in [2.24, 2.45) is 5.92 Å². The Kier molecular flexibility index (Phi) is 8.48. The predicted molar refractivity (Wildman–Crippen MR) is 138 cm³/mol. The molecule has 6 nitrogen and oxygen atoms in total. The monoisotopic (exact) mass is 449 g/mol. The summed E-state index contributed by atoms with van der Waals surface area (Å²) in [7, 11) is 4.06. The van der Waals surface area contributed by atoms with Crippen LogP contribution in [0.25, 0.3) is 12.2 Å². The molecule has 0 aliphatic heterocycles. The number of allylic oxidation sites excluding steroid dienone is 3. The maximum atomic E-state index is 12.4. The molecule has 178 valence electrons. The Bertz CT molecular complexity index is 1050. The summed E-state index contributed by atoms with van der Waals surface area (Å²) in [4.78, 5) is 24.0. The standard InChI is InChI=1S/C27H39N5O/c1-18(2)15-19(3)16-20(4)26(33)28-17-21-11-13-22(14-12-21)29-27-30-24-10-8-7-9-23(24)25(31-27)32(5)6/h9-10,15-16,21-22H,4,7-8,11-14,17H2,1-3,5-6H3,(H,28,33)(H,29,30)/b19-16-. The molecule has 2 N–H and O–H groups in total. The SMILES string of the molecule is C=C(/C=C(/C)C=C(C)C)C(=O)NCC1CCC(Nc2nc(N(C)C)c3c(n2)=CCCC=3)CC1. The smallest absolute Gasteiger partial charge is 0.250 e. The van der Waals surface area contributed by atoms with E-state index in [1.165, 1.54) is 5.57 Å². The third-order valence-corrected chi connectivity index (χ3v) is 6.17. The van der Waals surface area contributed by atoms with Crippen molar-refractivity contribution in [2.75, 3.05) is 30.9 Å². The highest BCUT2D eigenvalue weighted by Crippen LogP contribution is 2.25. The maximum Gasteiger partial charge on any atom is 0.250 e. The zero-order valence-corrected chi connectivity index (χ0v) is 20.9. The highest BCUT2D eigenvalue weighted by Gasteiger charge is 2.23. The van der Waals surface area contributed by atoms with E-state index in [1.807, 2.05) is 40.9 Å². The van der Waals surface area contributed by atoms with Gasteiger partial charge in [0.25, 0.3) is 5.91 Å². The van der Waals surface area contributed by atoms with Crippen LogP contribution in [0.4, 0.5) is 11.8 Å². The quantitative estimate of drug-likeness (QED) is 0.470. The molecule has 1 fully saturated rings. The lowest BCUT2D eigenvalue weighted by Gasteiger charge is -2.29. The van der Waals surface area contributed by atoms with Gasteiger partial charge in [-0.25, -0.2) is 4.98 Å². The lowest BCUT2D eigenvalue weighted by molar-refractivity contribution is -0.117. The van der Waals surface area contributed by atoms with Crippen LogP contribution in [0, 0.1) is 5.92 Å². The molecule has 0 spiro atoms. The predicted octanol–water partition coefficient (Wildman–Crippen LogP) is 3.45. The number of carbonyl (C=O) groups is 1. The summed E-state index contributed by atoms with van der Waals surface area (Å²) in [5.41, 5.74) is 2.76. The van der Waals surface area contributed by atoms with Gasteiger partial charge in [-0.3, -0.25) is 4.79 Å². The Morgan fingerprint density at radius 2 is 1.79 bits per heavy atom. The molecule has 1 heterocycles. The van der Waals surface area contributed by atoms with Crippen LogP contribution < -0.4 is 26.1 Å². The van der Waals surface area contributed by atoms with Gasteiger partial charge in [-0.1, -0.05) is 36.0 Å². The second-order valence-electron chi connectivity index (χ2n) is 9.76. The van der Waals surface area contributed by atoms with Gasteiger partial charge in [0.2, 0.25) is 5.95 Å². The molecule has 6 heteroatoms. The summed E-state index contributed by atoms with van der Waals surface area (Å²) in [6.07, 6.45) is 14.7. The van der Waals surface area contributed by atoms with Gasteiger partial charge in [0.15, 0.2) is 0 Å². The minimum Gasteiger partial charge on any atom is -0.362 e. The van der Waals surface area contributed by atoms with Crippen LogP contribution in [-0.4, -0.2) is 42.6 Å². The fourth-order valence-electron chi connectivity index (χ4n) is 4.56. The molecular weight excluding hydrogens is 410 g/mol. The normalized spacial score (nSPS) is 20.0. The summed E-state index contributed by atoms with van der Waals surface area (Å²) in [5.74, 6) is 2.11. The summed E-state index contributed by atoms with van der Waals surface area (Å²) in [6.45, 7) is 10.7. The topological polar surface area (TPSA) is 70.2 Å². The van der Waals surface area contributed by atoms with E-state index in [4.69, 9.17) is 9.97 Å². The molecule has 33 heavy (non-hydrogen) atoms. The van der Waals surface area contributed by atoms with Crippen molar-refractivity contribution in [1.29, 1.82) is 0 Å². The van der Waals surface area contributed by atoms with Crippen molar-refractivity contribution in [2.45, 2.75) is 65.3 Å². The van der Waals surface area contributed by atoms with Gasteiger partial charge in [0.1, 0.15) is 5.82 Å². The minimum absolute atomic E-state index is 0.0801. The first-order valence-electron chi connectivity index (χ1n) is 12.1. The number of aromatic nitrogens is 2. The molecule has 0 bridgehead atoms. The van der Waals surface area contributed by atoms with Crippen LogP contribution in [0.5, 0.6) is 0 Å². The van der Waals surface area contributed by atoms with E-state index in [9.17, 15) is 4.79 Å². The average molecular weight is 450 g/mol. The van der Waals surface area contributed by atoms with E-state index in [-0.39, 0.29) is 5.91 Å². The first-order chi connectivity index (χ1) is 15.7. The lowest BCUT2D eigenvalue weighted by Crippen LogP contribution is -2.39. The summed E-state index contributed by atoms with van der Waals surface area (Å²) >= 11 is 0. The van der Waals surface area contributed by atoms with Crippen LogP contribution in [0.15, 0.2) is 35.5 Å². The zero-order chi connectivity index (χ0) is 24.0. The Balaban J connectivity index is 1.51. The Morgan fingerprint density at radius 3 is 2.45 bits per heavy atom. The van der Waals surface area contributed by atoms with Crippen LogP contribution >= 0.6 is 0 Å². The van der Waals surface area contributed by atoms with Crippen LogP contribution in [0.2, 0.25) is 0 Å². The van der Waals surface area contributed by atoms with Crippen molar-refractivity contribution in [3.63, 3.8) is 0 Å². The molecule has 2 aliphatic carbocycles. The molecule has 0 aromatic carbocycles. The summed E-state index contributed by atoms with van der Waals surface area (Å²) in [5, 5.41) is 8.81. The molecule has 2 aliphatic rings. The summed E-state index contributed by atoms with van der Waals surface area (Å²) < 4.78 is 0. The third-order valence-electron chi connectivity index (χ3n) is 6.17. The second-order valence-corrected chi connectivity index (χ2v) is 9.76. The number of hydrogen-bond donors (Lipinski definition) is 2. The molecule has 0 atom stereocenters. The average Bonchev–Trinajstić information content (AvgIpc) is 2.77. The first-order valence-corrected chi connectivity index (χ1v) is 12.1. The van der Waals surface area contributed by atoms with Gasteiger partial charge in [-0.2, -0.15) is 4.98 Å². The van der Waals surface area contributed by atoms with Gasteiger partial charge < -0.3 is 15.5 Å². The van der Waals surface area contributed by atoms with Crippen LogP contribution in [0.3, 0.4) is 0 Å². The van der Waals surface area contributed by atoms with E-state index < -0.39 is 0 Å². The molecule has 1 amide bonds. The van der Waals surface area contributed by atoms with Crippen LogP contribution in [0.1, 0.15) is 59.3 Å². The van der Waals surface area contributed by atoms with Crippen LogP contribution in [-0.2, 0) is 4.79 Å². The third kappa shape index (κ3) is 7.04. The van der Waals surface area contributed by atoms with E-state index >= 15 is 0 Å². The highest BCUT2D eigenvalue weighted by molar-refractivity contribution is 5.95. The van der Waals surface area contributed by atoms with Crippen molar-refractivity contribution in [3.8, 4) is 0 Å². The largest absolute Gasteiger partial charge is 0.362 e. The molecule has 1 saturated carbocycles. The molecule has 3 rings (SSSR count). The lowest BCUT2D eigenvalue weighted by atomic mass is 9.86.